The summed E-state index contributed by atoms with van der Waals surface area (Å²) in [5.74, 6) is 0.408. The maximum absolute atomic E-state index is 12.2. The third kappa shape index (κ3) is 2.61. The minimum Gasteiger partial charge on any atom is -0.396 e. The van der Waals surface area contributed by atoms with E-state index >= 15 is 0 Å². The quantitative estimate of drug-likeness (QED) is 0.756. The van der Waals surface area contributed by atoms with Crippen molar-refractivity contribution in [3.63, 3.8) is 0 Å². The Hall–Kier alpha value is -1.08. The smallest absolute Gasteiger partial charge is 0.240 e. The summed E-state index contributed by atoms with van der Waals surface area (Å²) < 4.78 is 0. The predicted molar refractivity (Wildman–Crippen MR) is 62.9 cm³/mol. The van der Waals surface area contributed by atoms with Crippen molar-refractivity contribution in [2.45, 2.75) is 51.0 Å². The zero-order valence-corrected chi connectivity index (χ0v) is 10.1. The van der Waals surface area contributed by atoms with Crippen molar-refractivity contribution in [1.82, 2.24) is 5.32 Å². The molecule has 0 aromatic heterocycles. The van der Waals surface area contributed by atoms with Crippen molar-refractivity contribution in [2.75, 3.05) is 6.61 Å². The molecule has 4 heteroatoms. The van der Waals surface area contributed by atoms with E-state index in [1.807, 2.05) is 0 Å². The molecule has 2 aliphatic rings. The number of nitrogens with zero attached hydrogens (tertiary/aromatic N) is 1. The van der Waals surface area contributed by atoms with Gasteiger partial charge in [-0.2, -0.15) is 5.26 Å². The molecule has 17 heavy (non-hydrogen) atoms. The van der Waals surface area contributed by atoms with Gasteiger partial charge in [-0.1, -0.05) is 12.8 Å². The van der Waals surface area contributed by atoms with Crippen LogP contribution in [0, 0.1) is 22.7 Å². The molecule has 0 spiro atoms. The van der Waals surface area contributed by atoms with E-state index in [0.29, 0.717) is 25.2 Å². The van der Waals surface area contributed by atoms with Crippen LogP contribution in [0.25, 0.3) is 0 Å². The van der Waals surface area contributed by atoms with Crippen LogP contribution in [0.3, 0.4) is 0 Å². The Morgan fingerprint density at radius 3 is 2.59 bits per heavy atom. The summed E-state index contributed by atoms with van der Waals surface area (Å²) in [6.45, 7) is 0.0982. The van der Waals surface area contributed by atoms with Crippen LogP contribution in [0.15, 0.2) is 0 Å². The molecule has 0 radical (unpaired) electrons. The van der Waals surface area contributed by atoms with Crippen molar-refractivity contribution in [2.24, 2.45) is 11.3 Å². The minimum atomic E-state index is -0.789. The van der Waals surface area contributed by atoms with Crippen LogP contribution >= 0.6 is 0 Å². The van der Waals surface area contributed by atoms with Crippen LogP contribution in [-0.2, 0) is 4.79 Å². The first-order chi connectivity index (χ1) is 8.22. The van der Waals surface area contributed by atoms with Gasteiger partial charge in [0.25, 0.3) is 0 Å². The maximum atomic E-state index is 12.2. The minimum absolute atomic E-state index is 0.0679. The Labute approximate surface area is 102 Å². The van der Waals surface area contributed by atoms with Crippen LogP contribution in [0.2, 0.25) is 0 Å². The van der Waals surface area contributed by atoms with Crippen molar-refractivity contribution in [3.05, 3.63) is 0 Å². The van der Waals surface area contributed by atoms with Crippen molar-refractivity contribution in [3.8, 4) is 6.07 Å². The molecular weight excluding hydrogens is 216 g/mol. The number of carbonyl (C=O) groups is 1. The lowest BCUT2D eigenvalue weighted by Crippen LogP contribution is -2.45. The largest absolute Gasteiger partial charge is 0.396 e. The zero-order valence-electron chi connectivity index (χ0n) is 10.1. The molecule has 2 aliphatic carbocycles. The topological polar surface area (TPSA) is 73.1 Å². The molecule has 0 heterocycles. The van der Waals surface area contributed by atoms with Gasteiger partial charge < -0.3 is 10.4 Å². The second-order valence-electron chi connectivity index (χ2n) is 5.33. The van der Waals surface area contributed by atoms with Crippen molar-refractivity contribution >= 4 is 5.91 Å². The summed E-state index contributed by atoms with van der Waals surface area (Å²) in [4.78, 5) is 12.2. The highest BCUT2D eigenvalue weighted by molar-refractivity contribution is 5.86. The van der Waals surface area contributed by atoms with Crippen LogP contribution in [-0.4, -0.2) is 23.7 Å². The fraction of sp³-hybridized carbons (Fsp3) is 0.846. The number of hydrogen-bond donors (Lipinski definition) is 2. The Morgan fingerprint density at radius 2 is 2.12 bits per heavy atom. The fourth-order valence-corrected chi connectivity index (χ4v) is 2.74. The highest BCUT2D eigenvalue weighted by atomic mass is 16.3. The second kappa shape index (κ2) is 5.05. The standard InChI is InChI=1S/C13H20N2O2/c14-9-13(6-1-2-7-13)12(17)15-11(5-8-16)10-3-4-10/h10-11,16H,1-8H2,(H,15,17). The number of rotatable bonds is 5. The Bertz CT molecular complexity index is 325. The second-order valence-corrected chi connectivity index (χ2v) is 5.33. The van der Waals surface area contributed by atoms with Gasteiger partial charge in [0, 0.05) is 12.6 Å². The number of hydrogen-bond acceptors (Lipinski definition) is 3. The first-order valence-corrected chi connectivity index (χ1v) is 6.55. The number of aliphatic hydroxyl groups is 1. The number of carbonyl (C=O) groups excluding carboxylic acids is 1. The lowest BCUT2D eigenvalue weighted by atomic mass is 9.86. The average Bonchev–Trinajstić information content (AvgIpc) is 3.06. The highest BCUT2D eigenvalue weighted by Gasteiger charge is 2.43. The first-order valence-electron chi connectivity index (χ1n) is 6.55. The molecule has 1 amide bonds. The molecule has 2 fully saturated rings. The monoisotopic (exact) mass is 236 g/mol. The van der Waals surface area contributed by atoms with E-state index in [9.17, 15) is 10.1 Å². The van der Waals surface area contributed by atoms with Gasteiger partial charge >= 0.3 is 0 Å². The molecule has 1 atom stereocenters. The van der Waals surface area contributed by atoms with E-state index < -0.39 is 5.41 Å². The molecule has 0 saturated heterocycles. The predicted octanol–water partition coefficient (Wildman–Crippen LogP) is 1.35. The SMILES string of the molecule is N#CC1(C(=O)NC(CCO)C2CC2)CCCC1. The van der Waals surface area contributed by atoms with Crippen molar-refractivity contribution < 1.29 is 9.90 Å². The molecule has 2 saturated carbocycles. The number of aliphatic hydroxyl groups excluding tert-OH is 1. The fourth-order valence-electron chi connectivity index (χ4n) is 2.74. The van der Waals surface area contributed by atoms with Gasteiger partial charge in [0.1, 0.15) is 5.41 Å². The summed E-state index contributed by atoms with van der Waals surface area (Å²) in [7, 11) is 0. The number of amides is 1. The van der Waals surface area contributed by atoms with Gasteiger partial charge in [0.2, 0.25) is 5.91 Å². The Kier molecular flexibility index (Phi) is 3.68. The summed E-state index contributed by atoms with van der Waals surface area (Å²) >= 11 is 0. The van der Waals surface area contributed by atoms with E-state index in [4.69, 9.17) is 5.11 Å². The molecule has 0 aliphatic heterocycles. The van der Waals surface area contributed by atoms with Crippen LogP contribution in [0.4, 0.5) is 0 Å². The molecule has 2 rings (SSSR count). The van der Waals surface area contributed by atoms with Gasteiger partial charge in [0.15, 0.2) is 0 Å². The summed E-state index contributed by atoms with van der Waals surface area (Å²) in [6.07, 6.45) is 6.18. The molecular formula is C13H20N2O2. The van der Waals surface area contributed by atoms with E-state index in [-0.39, 0.29) is 18.6 Å². The van der Waals surface area contributed by atoms with E-state index in [1.165, 1.54) is 0 Å². The van der Waals surface area contributed by atoms with Gasteiger partial charge in [-0.3, -0.25) is 4.79 Å². The van der Waals surface area contributed by atoms with E-state index in [1.54, 1.807) is 0 Å². The van der Waals surface area contributed by atoms with Gasteiger partial charge in [-0.05, 0) is 38.0 Å². The average molecular weight is 236 g/mol. The molecule has 0 aromatic carbocycles. The van der Waals surface area contributed by atoms with E-state index in [0.717, 1.165) is 25.7 Å². The third-order valence-electron chi connectivity index (χ3n) is 4.05. The van der Waals surface area contributed by atoms with E-state index in [2.05, 4.69) is 11.4 Å². The summed E-state index contributed by atoms with van der Waals surface area (Å²) in [5, 5.41) is 21.2. The van der Waals surface area contributed by atoms with Crippen molar-refractivity contribution in [1.29, 1.82) is 5.26 Å². The summed E-state index contributed by atoms with van der Waals surface area (Å²) in [5.41, 5.74) is -0.789. The van der Waals surface area contributed by atoms with Crippen LogP contribution in [0.5, 0.6) is 0 Å². The van der Waals surface area contributed by atoms with Gasteiger partial charge in [-0.25, -0.2) is 0 Å². The first kappa shape index (κ1) is 12.4. The molecule has 0 bridgehead atoms. The highest BCUT2D eigenvalue weighted by Crippen LogP contribution is 2.39. The zero-order chi connectivity index (χ0) is 12.3. The lowest BCUT2D eigenvalue weighted by molar-refractivity contribution is -0.129. The van der Waals surface area contributed by atoms with Crippen LogP contribution < -0.4 is 5.32 Å². The molecule has 0 aromatic rings. The molecule has 2 N–H and O–H groups in total. The number of nitrogens with one attached hydrogen (secondary N) is 1. The molecule has 1 unspecified atom stereocenters. The Morgan fingerprint density at radius 1 is 1.47 bits per heavy atom. The van der Waals surface area contributed by atoms with Crippen LogP contribution in [0.1, 0.15) is 44.9 Å². The lowest BCUT2D eigenvalue weighted by Gasteiger charge is -2.24. The normalized spacial score (nSPS) is 24.0. The molecule has 94 valence electrons. The summed E-state index contributed by atoms with van der Waals surface area (Å²) in [6, 6.07) is 2.28. The maximum Gasteiger partial charge on any atom is 0.240 e. The Balaban J connectivity index is 1.96. The molecule has 4 nitrogen and oxygen atoms in total. The third-order valence-corrected chi connectivity index (χ3v) is 4.05. The van der Waals surface area contributed by atoms with Gasteiger partial charge in [-0.15, -0.1) is 0 Å². The number of nitriles is 1. The van der Waals surface area contributed by atoms with Gasteiger partial charge in [0.05, 0.1) is 6.07 Å².